The molecule has 0 saturated carbocycles. The summed E-state index contributed by atoms with van der Waals surface area (Å²) in [6.07, 6.45) is 9.39. The largest absolute Gasteiger partial charge is 0.496 e. The molecule has 0 aliphatic heterocycles. The highest BCUT2D eigenvalue weighted by atomic mass is 16.5. The van der Waals surface area contributed by atoms with Gasteiger partial charge in [0.1, 0.15) is 18.1 Å². The van der Waals surface area contributed by atoms with Crippen LogP contribution in [0.3, 0.4) is 0 Å². The SMILES string of the molecule is COc1cc(OCC=C(C)C)cc(/C=C/c2ccccc2)c1CC=C(C)C. The average Bonchev–Trinajstić information content (AvgIpc) is 2.65. The van der Waals surface area contributed by atoms with E-state index in [1.165, 1.54) is 22.3 Å². The third-order valence-corrected chi connectivity index (χ3v) is 4.15. The fourth-order valence-electron chi connectivity index (χ4n) is 2.63. The van der Waals surface area contributed by atoms with Crippen LogP contribution < -0.4 is 9.47 Å². The van der Waals surface area contributed by atoms with Gasteiger partial charge >= 0.3 is 0 Å². The molecule has 0 radical (unpaired) electrons. The molecular weight excluding hydrogens is 332 g/mol. The Morgan fingerprint density at radius 1 is 0.889 bits per heavy atom. The number of benzene rings is 2. The minimum atomic E-state index is 0.556. The van der Waals surface area contributed by atoms with E-state index in [-0.39, 0.29) is 0 Å². The molecule has 2 rings (SSSR count). The van der Waals surface area contributed by atoms with Crippen LogP contribution in [-0.2, 0) is 6.42 Å². The van der Waals surface area contributed by atoms with Crippen LogP contribution in [0.15, 0.2) is 65.8 Å². The molecule has 0 heterocycles. The molecule has 0 atom stereocenters. The molecular formula is C25H30O2. The van der Waals surface area contributed by atoms with E-state index in [1.54, 1.807) is 7.11 Å². The first-order chi connectivity index (χ1) is 13.0. The molecule has 0 aromatic heterocycles. The van der Waals surface area contributed by atoms with E-state index in [9.17, 15) is 0 Å². The highest BCUT2D eigenvalue weighted by molar-refractivity contribution is 5.73. The molecule has 0 unspecified atom stereocenters. The first kappa shape index (κ1) is 20.6. The molecule has 2 heteroatoms. The molecule has 0 amide bonds. The third-order valence-electron chi connectivity index (χ3n) is 4.15. The maximum absolute atomic E-state index is 5.93. The number of rotatable bonds is 8. The summed E-state index contributed by atoms with van der Waals surface area (Å²) >= 11 is 0. The molecule has 2 nitrogen and oxygen atoms in total. The summed E-state index contributed by atoms with van der Waals surface area (Å²) < 4.78 is 11.6. The van der Waals surface area contributed by atoms with E-state index in [0.717, 1.165) is 23.5 Å². The first-order valence-corrected chi connectivity index (χ1v) is 9.33. The number of ether oxygens (including phenoxy) is 2. The Morgan fingerprint density at radius 3 is 2.22 bits per heavy atom. The van der Waals surface area contributed by atoms with Crippen LogP contribution in [0.25, 0.3) is 12.2 Å². The number of methoxy groups -OCH3 is 1. The summed E-state index contributed by atoms with van der Waals surface area (Å²) in [5, 5.41) is 0. The predicted molar refractivity (Wildman–Crippen MR) is 116 cm³/mol. The normalized spacial score (nSPS) is 10.6. The van der Waals surface area contributed by atoms with Gasteiger partial charge in [0.05, 0.1) is 7.11 Å². The van der Waals surface area contributed by atoms with Crippen molar-refractivity contribution in [2.24, 2.45) is 0 Å². The Morgan fingerprint density at radius 2 is 1.59 bits per heavy atom. The zero-order valence-electron chi connectivity index (χ0n) is 17.1. The van der Waals surface area contributed by atoms with E-state index in [1.807, 2.05) is 24.3 Å². The summed E-state index contributed by atoms with van der Waals surface area (Å²) in [6.45, 7) is 8.92. The zero-order chi connectivity index (χ0) is 19.6. The summed E-state index contributed by atoms with van der Waals surface area (Å²) in [4.78, 5) is 0. The summed E-state index contributed by atoms with van der Waals surface area (Å²) in [5.41, 5.74) is 5.98. The van der Waals surface area contributed by atoms with Gasteiger partial charge in [-0.25, -0.2) is 0 Å². The van der Waals surface area contributed by atoms with Gasteiger partial charge in [-0.3, -0.25) is 0 Å². The third kappa shape index (κ3) is 6.82. The van der Waals surface area contributed by atoms with Crippen LogP contribution in [0.4, 0.5) is 0 Å². The van der Waals surface area contributed by atoms with Gasteiger partial charge in [-0.05, 0) is 57.4 Å². The van der Waals surface area contributed by atoms with Gasteiger partial charge in [0.2, 0.25) is 0 Å². The minimum Gasteiger partial charge on any atom is -0.496 e. The molecule has 0 saturated heterocycles. The van der Waals surface area contributed by atoms with Gasteiger partial charge in [0.15, 0.2) is 0 Å². The van der Waals surface area contributed by atoms with E-state index in [0.29, 0.717) is 6.61 Å². The van der Waals surface area contributed by atoms with Gasteiger partial charge < -0.3 is 9.47 Å². The van der Waals surface area contributed by atoms with Gasteiger partial charge in [0, 0.05) is 11.6 Å². The van der Waals surface area contributed by atoms with Gasteiger partial charge in [-0.1, -0.05) is 59.7 Å². The average molecular weight is 363 g/mol. The Kier molecular flexibility index (Phi) is 7.94. The van der Waals surface area contributed by atoms with Gasteiger partial charge in [-0.2, -0.15) is 0 Å². The lowest BCUT2D eigenvalue weighted by atomic mass is 10.00. The fourth-order valence-corrected chi connectivity index (χ4v) is 2.63. The van der Waals surface area contributed by atoms with E-state index < -0.39 is 0 Å². The maximum Gasteiger partial charge on any atom is 0.126 e. The van der Waals surface area contributed by atoms with Crippen LogP contribution in [-0.4, -0.2) is 13.7 Å². The van der Waals surface area contributed by atoms with Crippen LogP contribution >= 0.6 is 0 Å². The van der Waals surface area contributed by atoms with E-state index >= 15 is 0 Å². The molecule has 0 N–H and O–H groups in total. The van der Waals surface area contributed by atoms with E-state index in [2.05, 4.69) is 70.2 Å². The number of allylic oxidation sites excluding steroid dienone is 3. The molecule has 0 aliphatic rings. The van der Waals surface area contributed by atoms with Crippen molar-refractivity contribution in [3.63, 3.8) is 0 Å². The van der Waals surface area contributed by atoms with Crippen molar-refractivity contribution >= 4 is 12.2 Å². The zero-order valence-corrected chi connectivity index (χ0v) is 17.1. The highest BCUT2D eigenvalue weighted by Gasteiger charge is 2.10. The monoisotopic (exact) mass is 362 g/mol. The van der Waals surface area contributed by atoms with Gasteiger partial charge in [0.25, 0.3) is 0 Å². The molecule has 0 bridgehead atoms. The minimum absolute atomic E-state index is 0.556. The summed E-state index contributed by atoms with van der Waals surface area (Å²) in [5.74, 6) is 1.67. The Hall–Kier alpha value is -2.74. The Bertz CT molecular complexity index is 819. The molecule has 0 fully saturated rings. The van der Waals surface area contributed by atoms with E-state index in [4.69, 9.17) is 9.47 Å². The quantitative estimate of drug-likeness (QED) is 0.383. The number of hydrogen-bond donors (Lipinski definition) is 0. The lowest BCUT2D eigenvalue weighted by Crippen LogP contribution is -1.99. The van der Waals surface area contributed by atoms with Crippen LogP contribution in [0.1, 0.15) is 44.4 Å². The maximum atomic E-state index is 5.93. The fraction of sp³-hybridized carbons (Fsp3) is 0.280. The molecule has 0 aliphatic carbocycles. The van der Waals surface area contributed by atoms with Crippen molar-refractivity contribution in [1.82, 2.24) is 0 Å². The molecule has 27 heavy (non-hydrogen) atoms. The first-order valence-electron chi connectivity index (χ1n) is 9.33. The van der Waals surface area contributed by atoms with Crippen molar-refractivity contribution in [1.29, 1.82) is 0 Å². The second-order valence-electron chi connectivity index (χ2n) is 7.02. The second kappa shape index (κ2) is 10.4. The van der Waals surface area contributed by atoms with Crippen molar-refractivity contribution in [3.05, 3.63) is 82.5 Å². The summed E-state index contributed by atoms with van der Waals surface area (Å²) in [6, 6.07) is 14.4. The second-order valence-corrected chi connectivity index (χ2v) is 7.02. The molecule has 2 aromatic carbocycles. The Labute approximate surface area is 163 Å². The standard InChI is InChI=1S/C25H30O2/c1-19(2)11-14-24-22(13-12-21-9-7-6-8-10-21)17-23(18-25(24)26-5)27-16-15-20(3)4/h6-13,15,17-18H,14,16H2,1-5H3/b13-12+. The van der Waals surface area contributed by atoms with Crippen LogP contribution in [0.2, 0.25) is 0 Å². The summed E-state index contributed by atoms with van der Waals surface area (Å²) in [7, 11) is 1.71. The lowest BCUT2D eigenvalue weighted by Gasteiger charge is -2.14. The topological polar surface area (TPSA) is 18.5 Å². The van der Waals surface area contributed by atoms with Crippen LogP contribution in [0, 0.1) is 0 Å². The Balaban J connectivity index is 2.41. The number of hydrogen-bond acceptors (Lipinski definition) is 2. The molecule has 142 valence electrons. The molecule has 0 spiro atoms. The predicted octanol–water partition coefficient (Wildman–Crippen LogP) is 6.72. The van der Waals surface area contributed by atoms with Crippen molar-refractivity contribution in [3.8, 4) is 11.5 Å². The van der Waals surface area contributed by atoms with Crippen molar-refractivity contribution in [2.45, 2.75) is 34.1 Å². The smallest absolute Gasteiger partial charge is 0.126 e. The molecule has 2 aromatic rings. The van der Waals surface area contributed by atoms with Crippen molar-refractivity contribution < 1.29 is 9.47 Å². The van der Waals surface area contributed by atoms with Crippen LogP contribution in [0.5, 0.6) is 11.5 Å². The lowest BCUT2D eigenvalue weighted by molar-refractivity contribution is 0.355. The highest BCUT2D eigenvalue weighted by Crippen LogP contribution is 2.31. The van der Waals surface area contributed by atoms with Crippen molar-refractivity contribution in [2.75, 3.05) is 13.7 Å². The van der Waals surface area contributed by atoms with Gasteiger partial charge in [-0.15, -0.1) is 0 Å².